The molecule has 7 heteroatoms. The fraction of sp³-hybridized carbons (Fsp3) is 0.222. The molecule has 1 N–H and O–H groups in total. The average molecular weight is 382 g/mol. The summed E-state index contributed by atoms with van der Waals surface area (Å²) in [6.07, 6.45) is -0.960. The molecule has 1 atom stereocenters. The minimum Gasteiger partial charge on any atom is -0.482 e. The average Bonchev–Trinajstić information content (AvgIpc) is 2.58. The number of amides is 1. The highest BCUT2D eigenvalue weighted by atomic mass is 35.5. The molecule has 0 saturated carbocycles. The monoisotopic (exact) mass is 381 g/mol. The van der Waals surface area contributed by atoms with Gasteiger partial charge in [0, 0.05) is 15.7 Å². The van der Waals surface area contributed by atoms with Crippen molar-refractivity contribution in [1.82, 2.24) is 0 Å². The fourth-order valence-corrected chi connectivity index (χ4v) is 2.15. The molecule has 0 aromatic heterocycles. The molecule has 25 heavy (non-hydrogen) atoms. The Hall–Kier alpha value is -2.24. The van der Waals surface area contributed by atoms with Crippen molar-refractivity contribution in [3.8, 4) is 5.75 Å². The maximum atomic E-state index is 12.0. The standard InChI is InChI=1S/C18H17Cl2NO4/c1-11-9-15(7-8-16(11)20)24-10-17(22)25-12(2)18(23)21-14-5-3-13(19)4-6-14/h3-9,12H,10H2,1-2H3,(H,21,23)/t12-/m0/s1. The van der Waals surface area contributed by atoms with Crippen molar-refractivity contribution in [2.45, 2.75) is 20.0 Å². The maximum Gasteiger partial charge on any atom is 0.344 e. The van der Waals surface area contributed by atoms with Gasteiger partial charge in [0.25, 0.3) is 5.91 Å². The molecule has 0 spiro atoms. The molecule has 0 heterocycles. The third-order valence-electron chi connectivity index (χ3n) is 3.28. The lowest BCUT2D eigenvalue weighted by Crippen LogP contribution is -2.31. The lowest BCUT2D eigenvalue weighted by atomic mass is 10.2. The number of hydrogen-bond acceptors (Lipinski definition) is 4. The third-order valence-corrected chi connectivity index (χ3v) is 3.95. The number of aryl methyl sites for hydroxylation is 1. The SMILES string of the molecule is Cc1cc(OCC(=O)O[C@@H](C)C(=O)Nc2ccc(Cl)cc2)ccc1Cl. The molecular weight excluding hydrogens is 365 g/mol. The van der Waals surface area contributed by atoms with Crippen molar-refractivity contribution in [2.75, 3.05) is 11.9 Å². The van der Waals surface area contributed by atoms with Crippen LogP contribution in [0.3, 0.4) is 0 Å². The van der Waals surface area contributed by atoms with Gasteiger partial charge in [-0.25, -0.2) is 4.79 Å². The van der Waals surface area contributed by atoms with E-state index >= 15 is 0 Å². The van der Waals surface area contributed by atoms with Crippen LogP contribution in [0, 0.1) is 6.92 Å². The molecule has 2 aromatic rings. The zero-order chi connectivity index (χ0) is 18.4. The molecule has 5 nitrogen and oxygen atoms in total. The topological polar surface area (TPSA) is 64.6 Å². The minimum atomic E-state index is -0.960. The fourth-order valence-electron chi connectivity index (χ4n) is 1.91. The number of rotatable bonds is 6. The predicted octanol–water partition coefficient (Wildman–Crippen LogP) is 4.25. The predicted molar refractivity (Wildman–Crippen MR) is 97.3 cm³/mol. The van der Waals surface area contributed by atoms with Crippen LogP contribution < -0.4 is 10.1 Å². The van der Waals surface area contributed by atoms with Crippen LogP contribution in [0.1, 0.15) is 12.5 Å². The molecule has 1 amide bonds. The second kappa shape index (κ2) is 8.74. The Morgan fingerprint density at radius 3 is 2.44 bits per heavy atom. The molecule has 2 rings (SSSR count). The Morgan fingerprint density at radius 1 is 1.12 bits per heavy atom. The van der Waals surface area contributed by atoms with Crippen LogP contribution in [-0.2, 0) is 14.3 Å². The quantitative estimate of drug-likeness (QED) is 0.759. The number of halogens is 2. The van der Waals surface area contributed by atoms with Crippen molar-refractivity contribution < 1.29 is 19.1 Å². The van der Waals surface area contributed by atoms with Crippen molar-refractivity contribution >= 4 is 40.8 Å². The number of ether oxygens (including phenoxy) is 2. The number of esters is 1. The number of carbonyl (C=O) groups excluding carboxylic acids is 2. The van der Waals surface area contributed by atoms with E-state index in [9.17, 15) is 9.59 Å². The number of benzene rings is 2. The maximum absolute atomic E-state index is 12.0. The zero-order valence-electron chi connectivity index (χ0n) is 13.7. The molecule has 0 saturated heterocycles. The van der Waals surface area contributed by atoms with Gasteiger partial charge in [-0.05, 0) is 61.9 Å². The van der Waals surface area contributed by atoms with Crippen LogP contribution in [0.15, 0.2) is 42.5 Å². The van der Waals surface area contributed by atoms with E-state index in [-0.39, 0.29) is 6.61 Å². The summed E-state index contributed by atoms with van der Waals surface area (Å²) in [6, 6.07) is 11.7. The van der Waals surface area contributed by atoms with Gasteiger partial charge >= 0.3 is 5.97 Å². The summed E-state index contributed by atoms with van der Waals surface area (Å²) >= 11 is 11.7. The van der Waals surface area contributed by atoms with Crippen LogP contribution in [-0.4, -0.2) is 24.6 Å². The first-order valence-electron chi connectivity index (χ1n) is 7.50. The van der Waals surface area contributed by atoms with E-state index in [2.05, 4.69) is 5.32 Å². The van der Waals surface area contributed by atoms with Gasteiger partial charge in [0.05, 0.1) is 0 Å². The summed E-state index contributed by atoms with van der Waals surface area (Å²) in [5, 5.41) is 3.81. The highest BCUT2D eigenvalue weighted by molar-refractivity contribution is 6.31. The van der Waals surface area contributed by atoms with Gasteiger partial charge in [-0.2, -0.15) is 0 Å². The van der Waals surface area contributed by atoms with Gasteiger partial charge in [-0.1, -0.05) is 23.2 Å². The van der Waals surface area contributed by atoms with E-state index in [4.69, 9.17) is 32.7 Å². The second-order valence-corrected chi connectivity index (χ2v) is 6.17. The lowest BCUT2D eigenvalue weighted by molar-refractivity contribution is -0.155. The third kappa shape index (κ3) is 5.96. The van der Waals surface area contributed by atoms with Gasteiger partial charge in [-0.15, -0.1) is 0 Å². The Labute approximate surface area is 155 Å². The smallest absolute Gasteiger partial charge is 0.344 e. The largest absolute Gasteiger partial charge is 0.482 e. The van der Waals surface area contributed by atoms with Crippen LogP contribution in [0.4, 0.5) is 5.69 Å². The Bertz CT molecular complexity index is 762. The summed E-state index contributed by atoms with van der Waals surface area (Å²) in [4.78, 5) is 23.8. The lowest BCUT2D eigenvalue weighted by Gasteiger charge is -2.14. The highest BCUT2D eigenvalue weighted by Gasteiger charge is 2.18. The van der Waals surface area contributed by atoms with Crippen LogP contribution in [0.25, 0.3) is 0 Å². The van der Waals surface area contributed by atoms with Crippen molar-refractivity contribution in [1.29, 1.82) is 0 Å². The van der Waals surface area contributed by atoms with Crippen molar-refractivity contribution in [3.05, 3.63) is 58.1 Å². The van der Waals surface area contributed by atoms with E-state index in [0.29, 0.717) is 21.5 Å². The molecule has 0 aliphatic carbocycles. The number of hydrogen-bond donors (Lipinski definition) is 1. The molecule has 0 aliphatic rings. The summed E-state index contributed by atoms with van der Waals surface area (Å²) in [5.41, 5.74) is 1.40. The Balaban J connectivity index is 1.81. The summed E-state index contributed by atoms with van der Waals surface area (Å²) in [7, 11) is 0. The first kappa shape index (κ1) is 19.1. The summed E-state index contributed by atoms with van der Waals surface area (Å²) < 4.78 is 10.4. The van der Waals surface area contributed by atoms with E-state index in [0.717, 1.165) is 5.56 Å². The van der Waals surface area contributed by atoms with E-state index in [1.165, 1.54) is 6.92 Å². The molecule has 0 bridgehead atoms. The Morgan fingerprint density at radius 2 is 1.80 bits per heavy atom. The van der Waals surface area contributed by atoms with E-state index in [1.54, 1.807) is 42.5 Å². The van der Waals surface area contributed by atoms with Gasteiger partial charge < -0.3 is 14.8 Å². The van der Waals surface area contributed by atoms with Gasteiger partial charge in [0.2, 0.25) is 0 Å². The first-order chi connectivity index (χ1) is 11.8. The van der Waals surface area contributed by atoms with E-state index in [1.807, 2.05) is 6.92 Å². The zero-order valence-corrected chi connectivity index (χ0v) is 15.2. The van der Waals surface area contributed by atoms with Gasteiger partial charge in [-0.3, -0.25) is 4.79 Å². The molecular formula is C18H17Cl2NO4. The molecule has 0 fully saturated rings. The molecule has 0 radical (unpaired) electrons. The molecule has 2 aromatic carbocycles. The highest BCUT2D eigenvalue weighted by Crippen LogP contribution is 2.21. The molecule has 132 valence electrons. The molecule has 0 unspecified atom stereocenters. The minimum absolute atomic E-state index is 0.306. The van der Waals surface area contributed by atoms with Crippen LogP contribution >= 0.6 is 23.2 Å². The first-order valence-corrected chi connectivity index (χ1v) is 8.25. The van der Waals surface area contributed by atoms with Gasteiger partial charge in [0.15, 0.2) is 12.7 Å². The van der Waals surface area contributed by atoms with Crippen molar-refractivity contribution in [2.24, 2.45) is 0 Å². The van der Waals surface area contributed by atoms with Crippen LogP contribution in [0.2, 0.25) is 10.0 Å². The van der Waals surface area contributed by atoms with Gasteiger partial charge in [0.1, 0.15) is 5.75 Å². The normalized spacial score (nSPS) is 11.5. The van der Waals surface area contributed by atoms with Crippen molar-refractivity contribution in [3.63, 3.8) is 0 Å². The van der Waals surface area contributed by atoms with E-state index < -0.39 is 18.0 Å². The Kier molecular flexibility index (Phi) is 6.67. The molecule has 0 aliphatic heterocycles. The number of carbonyl (C=O) groups is 2. The second-order valence-electron chi connectivity index (χ2n) is 5.33. The summed E-state index contributed by atoms with van der Waals surface area (Å²) in [6.45, 7) is 3.01. The van der Waals surface area contributed by atoms with Crippen LogP contribution in [0.5, 0.6) is 5.75 Å². The number of anilines is 1. The summed E-state index contributed by atoms with van der Waals surface area (Å²) in [5.74, 6) is -0.596. The number of nitrogens with one attached hydrogen (secondary N) is 1.